The highest BCUT2D eigenvalue weighted by Gasteiger charge is 2.29. The molecule has 0 spiro atoms. The van der Waals surface area contributed by atoms with E-state index >= 15 is 0 Å². The maximum absolute atomic E-state index is 12.0. The Kier molecular flexibility index (Phi) is 4.02. The van der Waals surface area contributed by atoms with E-state index in [2.05, 4.69) is 5.32 Å². The van der Waals surface area contributed by atoms with Gasteiger partial charge in [-0.1, -0.05) is 6.07 Å². The molecule has 2 aromatic rings. The summed E-state index contributed by atoms with van der Waals surface area (Å²) >= 11 is 0. The summed E-state index contributed by atoms with van der Waals surface area (Å²) in [6.07, 6.45) is 0. The Morgan fingerprint density at radius 3 is 2.54 bits per heavy atom. The number of carbonyl (C=O) groups is 1. The third-order valence-electron chi connectivity index (χ3n) is 4.83. The zero-order chi connectivity index (χ0) is 18.3. The molecule has 0 unspecified atom stereocenters. The van der Waals surface area contributed by atoms with Crippen molar-refractivity contribution in [3.8, 4) is 11.5 Å². The van der Waals surface area contributed by atoms with Gasteiger partial charge in [0.15, 0.2) is 11.5 Å². The molecule has 1 N–H and O–H groups in total. The van der Waals surface area contributed by atoms with Gasteiger partial charge in [-0.25, -0.2) is 0 Å². The molecule has 0 saturated carbocycles. The number of benzene rings is 1. The molecular formula is C18H19N3O5. The molecule has 1 saturated heterocycles. The van der Waals surface area contributed by atoms with Gasteiger partial charge in [-0.2, -0.15) is 0 Å². The smallest absolute Gasteiger partial charge is 0.253 e. The van der Waals surface area contributed by atoms with Crippen LogP contribution < -0.4 is 30.5 Å². The maximum atomic E-state index is 12.0. The largest absolute Gasteiger partial charge is 0.454 e. The van der Waals surface area contributed by atoms with Gasteiger partial charge in [0.25, 0.3) is 10.9 Å². The minimum atomic E-state index is -0.491. The first kappa shape index (κ1) is 16.4. The third kappa shape index (κ3) is 2.77. The van der Waals surface area contributed by atoms with Crippen molar-refractivity contribution in [3.63, 3.8) is 0 Å². The van der Waals surface area contributed by atoms with Gasteiger partial charge in [-0.3, -0.25) is 14.4 Å². The Hall–Kier alpha value is -3.03. The topological polar surface area (TPSA) is 88.2 Å². The summed E-state index contributed by atoms with van der Waals surface area (Å²) in [6, 6.07) is 5.56. The van der Waals surface area contributed by atoms with Crippen LogP contribution in [0.2, 0.25) is 0 Å². The summed E-state index contributed by atoms with van der Waals surface area (Å²) < 4.78 is 10.6. The molecule has 136 valence electrons. The van der Waals surface area contributed by atoms with Crippen LogP contribution in [-0.4, -0.2) is 43.8 Å². The second-order valence-corrected chi connectivity index (χ2v) is 6.42. The van der Waals surface area contributed by atoms with Crippen molar-refractivity contribution in [2.45, 2.75) is 13.5 Å². The Morgan fingerprint density at radius 1 is 1.08 bits per heavy atom. The number of carbonyl (C=O) groups excluding carboxylic acids is 1. The minimum absolute atomic E-state index is 0.0239. The second kappa shape index (κ2) is 6.36. The molecule has 2 aromatic carbocycles. The molecular weight excluding hydrogens is 338 g/mol. The van der Waals surface area contributed by atoms with Crippen LogP contribution in [0.15, 0.2) is 27.8 Å². The lowest BCUT2D eigenvalue weighted by molar-refractivity contribution is -0.129. The van der Waals surface area contributed by atoms with Crippen LogP contribution in [0.3, 0.4) is 0 Å². The lowest BCUT2D eigenvalue weighted by Gasteiger charge is -2.36. The van der Waals surface area contributed by atoms with Gasteiger partial charge in [-0.05, 0) is 17.7 Å². The van der Waals surface area contributed by atoms with E-state index in [-0.39, 0.29) is 12.7 Å². The van der Waals surface area contributed by atoms with E-state index in [1.54, 1.807) is 4.90 Å². The number of hydrogen-bond acceptors (Lipinski definition) is 7. The van der Waals surface area contributed by atoms with E-state index in [4.69, 9.17) is 9.47 Å². The molecule has 26 heavy (non-hydrogen) atoms. The van der Waals surface area contributed by atoms with E-state index in [0.717, 1.165) is 5.56 Å². The van der Waals surface area contributed by atoms with Crippen molar-refractivity contribution in [2.24, 2.45) is 0 Å². The fraction of sp³-hybridized carbons (Fsp3) is 0.389. The number of ether oxygens (including phenoxy) is 2. The highest BCUT2D eigenvalue weighted by molar-refractivity contribution is 5.77. The number of nitrogens with one attached hydrogen (secondary N) is 1. The van der Waals surface area contributed by atoms with Gasteiger partial charge < -0.3 is 24.6 Å². The summed E-state index contributed by atoms with van der Waals surface area (Å²) in [7, 11) is 0. The van der Waals surface area contributed by atoms with E-state index < -0.39 is 10.9 Å². The molecule has 4 rings (SSSR count). The zero-order valence-corrected chi connectivity index (χ0v) is 14.4. The highest BCUT2D eigenvalue weighted by Crippen LogP contribution is 2.33. The number of rotatable bonds is 4. The first-order valence-corrected chi connectivity index (χ1v) is 8.51. The number of anilines is 2. The second-order valence-electron chi connectivity index (χ2n) is 6.42. The summed E-state index contributed by atoms with van der Waals surface area (Å²) in [5.74, 6) is 1.40. The highest BCUT2D eigenvalue weighted by atomic mass is 16.7. The molecule has 1 amide bonds. The summed E-state index contributed by atoms with van der Waals surface area (Å²) in [5.41, 5.74) is 0.752. The Morgan fingerprint density at radius 2 is 1.81 bits per heavy atom. The van der Waals surface area contributed by atoms with Crippen LogP contribution in [0, 0.1) is 0 Å². The molecule has 0 atom stereocenters. The van der Waals surface area contributed by atoms with Crippen LogP contribution in [0.4, 0.5) is 11.4 Å². The van der Waals surface area contributed by atoms with E-state index in [1.807, 2.05) is 23.1 Å². The average Bonchev–Trinajstić information content (AvgIpc) is 3.12. The van der Waals surface area contributed by atoms with Crippen LogP contribution in [-0.2, 0) is 11.3 Å². The minimum Gasteiger partial charge on any atom is -0.454 e. The van der Waals surface area contributed by atoms with Gasteiger partial charge >= 0.3 is 0 Å². The van der Waals surface area contributed by atoms with Gasteiger partial charge in [0, 0.05) is 39.6 Å². The first-order chi connectivity index (χ1) is 12.5. The number of piperazine rings is 1. The predicted octanol–water partition coefficient (Wildman–Crippen LogP) is 0.292. The maximum Gasteiger partial charge on any atom is 0.253 e. The van der Waals surface area contributed by atoms with Crippen molar-refractivity contribution < 1.29 is 14.3 Å². The standard InChI is InChI=1S/C18H19N3O5/c1-11(22)20-4-6-21(7-5-20)16-15(17(23)18(16)24)19-9-12-2-3-13-14(8-12)26-10-25-13/h2-3,8,19H,4-7,9-10H2,1H3. The van der Waals surface area contributed by atoms with E-state index in [0.29, 0.717) is 55.6 Å². The Bertz CT molecular complexity index is 924. The average molecular weight is 357 g/mol. The van der Waals surface area contributed by atoms with E-state index in [1.165, 1.54) is 6.92 Å². The van der Waals surface area contributed by atoms with Crippen molar-refractivity contribution >= 4 is 17.3 Å². The fourth-order valence-corrected chi connectivity index (χ4v) is 3.33. The molecule has 2 heterocycles. The number of fused-ring (bicyclic) bond motifs is 1. The molecule has 8 heteroatoms. The van der Waals surface area contributed by atoms with Crippen molar-refractivity contribution in [1.29, 1.82) is 0 Å². The third-order valence-corrected chi connectivity index (χ3v) is 4.83. The number of amides is 1. The SMILES string of the molecule is CC(=O)N1CCN(c2c(NCc3ccc4c(c3)OCO4)c(=O)c2=O)CC1. The molecule has 2 aliphatic rings. The van der Waals surface area contributed by atoms with E-state index in [9.17, 15) is 14.4 Å². The molecule has 0 radical (unpaired) electrons. The number of nitrogens with zero attached hydrogens (tertiary/aromatic N) is 2. The monoisotopic (exact) mass is 357 g/mol. The molecule has 0 bridgehead atoms. The van der Waals surface area contributed by atoms with Crippen LogP contribution in [0.1, 0.15) is 12.5 Å². The van der Waals surface area contributed by atoms with Gasteiger partial charge in [0.2, 0.25) is 12.7 Å². The normalized spacial score (nSPS) is 16.2. The summed E-state index contributed by atoms with van der Waals surface area (Å²) in [4.78, 5) is 39.1. The first-order valence-electron chi connectivity index (χ1n) is 8.51. The molecule has 2 aliphatic heterocycles. The van der Waals surface area contributed by atoms with Gasteiger partial charge in [0.1, 0.15) is 11.4 Å². The number of hydrogen-bond donors (Lipinski definition) is 1. The lowest BCUT2D eigenvalue weighted by atomic mass is 10.1. The zero-order valence-electron chi connectivity index (χ0n) is 14.4. The lowest BCUT2D eigenvalue weighted by Crippen LogP contribution is -2.52. The quantitative estimate of drug-likeness (QED) is 0.787. The van der Waals surface area contributed by atoms with Gasteiger partial charge in [-0.15, -0.1) is 0 Å². The van der Waals surface area contributed by atoms with Crippen molar-refractivity contribution in [2.75, 3.05) is 43.2 Å². The van der Waals surface area contributed by atoms with Crippen LogP contribution in [0.5, 0.6) is 11.5 Å². The Balaban J connectivity index is 1.45. The molecule has 1 fully saturated rings. The summed E-state index contributed by atoms with van der Waals surface area (Å²) in [6.45, 7) is 4.34. The molecule has 0 aliphatic carbocycles. The van der Waals surface area contributed by atoms with Gasteiger partial charge in [0.05, 0.1) is 0 Å². The predicted molar refractivity (Wildman–Crippen MR) is 95.7 cm³/mol. The summed E-state index contributed by atoms with van der Waals surface area (Å²) in [5, 5.41) is 3.08. The molecule has 8 nitrogen and oxygen atoms in total. The Labute approximate surface area is 149 Å². The van der Waals surface area contributed by atoms with Crippen molar-refractivity contribution in [1.82, 2.24) is 4.90 Å². The van der Waals surface area contributed by atoms with Crippen LogP contribution >= 0.6 is 0 Å². The van der Waals surface area contributed by atoms with Crippen molar-refractivity contribution in [3.05, 3.63) is 44.2 Å². The van der Waals surface area contributed by atoms with Crippen LogP contribution in [0.25, 0.3) is 0 Å². The fourth-order valence-electron chi connectivity index (χ4n) is 3.33. The molecule has 0 aromatic heterocycles.